The highest BCUT2D eigenvalue weighted by Crippen LogP contribution is 2.47. The summed E-state index contributed by atoms with van der Waals surface area (Å²) in [5, 5.41) is 12.4. The maximum Gasteiger partial charge on any atom is 0.0546 e. The fourth-order valence-corrected chi connectivity index (χ4v) is 9.83. The van der Waals surface area contributed by atoms with Crippen LogP contribution in [0.4, 0.5) is 17.1 Å². The second-order valence-corrected chi connectivity index (χ2v) is 16.4. The summed E-state index contributed by atoms with van der Waals surface area (Å²) in [4.78, 5) is 2.47. The minimum atomic E-state index is 1.09. The Morgan fingerprint density at radius 1 is 0.222 bits per heavy atom. The third-order valence-electron chi connectivity index (χ3n) is 12.8. The fraction of sp³-hybridized carbons (Fsp3) is 0. The van der Waals surface area contributed by atoms with E-state index in [4.69, 9.17) is 0 Å². The number of hydrogen-bond donors (Lipinski definition) is 0. The number of hydrogen-bond acceptors (Lipinski definition) is 1. The van der Waals surface area contributed by atoms with Crippen molar-refractivity contribution >= 4 is 70.9 Å². The molecule has 12 aromatic carbocycles. The summed E-state index contributed by atoms with van der Waals surface area (Å²) in [6.45, 7) is 0. The highest BCUT2D eigenvalue weighted by atomic mass is 15.1. The van der Waals surface area contributed by atoms with E-state index in [1.807, 2.05) is 0 Å². The van der Waals surface area contributed by atoms with Gasteiger partial charge in [-0.1, -0.05) is 206 Å². The lowest BCUT2D eigenvalue weighted by Gasteiger charge is -2.29. The normalized spacial score (nSPS) is 11.5. The first-order valence-electron chi connectivity index (χ1n) is 21.7. The minimum Gasteiger partial charge on any atom is -0.310 e. The van der Waals surface area contributed by atoms with E-state index in [9.17, 15) is 0 Å². The molecule has 0 spiro atoms. The van der Waals surface area contributed by atoms with E-state index in [0.717, 1.165) is 17.1 Å². The Labute approximate surface area is 367 Å². The van der Waals surface area contributed by atoms with Gasteiger partial charge in [0, 0.05) is 16.8 Å². The average molecular weight is 800 g/mol. The first-order valence-corrected chi connectivity index (χ1v) is 21.7. The van der Waals surface area contributed by atoms with Crippen LogP contribution in [0.15, 0.2) is 249 Å². The molecule has 0 unspecified atom stereocenters. The SMILES string of the molecule is c1ccc(-c2ccc(N(c3ccc(-c4cccc5ccccc45)c(-c4ccccc4)c3)c3cc(-c4cc5ccc6ccccc6c5c5ccccc45)cc4ccccc34)cc2)cc1. The van der Waals surface area contributed by atoms with Crippen LogP contribution in [0.2, 0.25) is 0 Å². The summed E-state index contributed by atoms with van der Waals surface area (Å²) >= 11 is 0. The lowest BCUT2D eigenvalue weighted by molar-refractivity contribution is 1.30. The molecule has 0 saturated heterocycles. The second kappa shape index (κ2) is 15.3. The largest absolute Gasteiger partial charge is 0.310 e. The third-order valence-corrected chi connectivity index (χ3v) is 12.8. The van der Waals surface area contributed by atoms with E-state index < -0.39 is 0 Å². The Morgan fingerprint density at radius 3 is 1.54 bits per heavy atom. The maximum absolute atomic E-state index is 2.47. The third kappa shape index (κ3) is 6.42. The molecule has 0 atom stereocenters. The minimum absolute atomic E-state index is 1.09. The van der Waals surface area contributed by atoms with Crippen LogP contribution in [0, 0.1) is 0 Å². The monoisotopic (exact) mass is 799 g/mol. The Bertz CT molecular complexity index is 3660. The van der Waals surface area contributed by atoms with Gasteiger partial charge in [0.2, 0.25) is 0 Å². The molecule has 0 saturated carbocycles. The van der Waals surface area contributed by atoms with E-state index in [1.54, 1.807) is 0 Å². The molecule has 0 aromatic heterocycles. The Balaban J connectivity index is 1.12. The zero-order chi connectivity index (χ0) is 41.7. The molecule has 0 aliphatic rings. The zero-order valence-corrected chi connectivity index (χ0v) is 34.6. The van der Waals surface area contributed by atoms with Crippen molar-refractivity contribution in [3.63, 3.8) is 0 Å². The van der Waals surface area contributed by atoms with E-state index >= 15 is 0 Å². The van der Waals surface area contributed by atoms with E-state index in [1.165, 1.54) is 98.4 Å². The van der Waals surface area contributed by atoms with Crippen molar-refractivity contribution in [1.82, 2.24) is 0 Å². The molecule has 0 radical (unpaired) electrons. The lowest BCUT2D eigenvalue weighted by atomic mass is 9.89. The van der Waals surface area contributed by atoms with Crippen molar-refractivity contribution in [1.29, 1.82) is 0 Å². The molecule has 294 valence electrons. The molecule has 1 nitrogen and oxygen atoms in total. The van der Waals surface area contributed by atoms with Crippen LogP contribution in [0.1, 0.15) is 0 Å². The van der Waals surface area contributed by atoms with Crippen molar-refractivity contribution < 1.29 is 0 Å². The molecule has 0 aliphatic heterocycles. The van der Waals surface area contributed by atoms with Gasteiger partial charge in [-0.3, -0.25) is 0 Å². The van der Waals surface area contributed by atoms with Gasteiger partial charge in [-0.2, -0.15) is 0 Å². The average Bonchev–Trinajstić information content (AvgIpc) is 3.36. The topological polar surface area (TPSA) is 3.24 Å². The van der Waals surface area contributed by atoms with E-state index in [0.29, 0.717) is 0 Å². The van der Waals surface area contributed by atoms with E-state index in [2.05, 4.69) is 254 Å². The number of benzene rings is 12. The molecule has 1 heteroatoms. The van der Waals surface area contributed by atoms with Crippen molar-refractivity contribution in [2.45, 2.75) is 0 Å². The number of nitrogens with zero attached hydrogens (tertiary/aromatic N) is 1. The van der Waals surface area contributed by atoms with Gasteiger partial charge in [0.15, 0.2) is 0 Å². The van der Waals surface area contributed by atoms with Crippen molar-refractivity contribution in [3.05, 3.63) is 249 Å². The first kappa shape index (κ1) is 36.6. The highest BCUT2D eigenvalue weighted by Gasteiger charge is 2.21. The standard InChI is InChI=1S/C62H41N/c1-3-16-42(17-4-1)43-32-34-50(35-33-43)63(51-36-37-57(60(41-51)45-18-5-2-6-19-45)55-29-15-23-44-20-7-10-24-52(44)55)61-40-49(38-47-22-9-11-25-53(47)61)59-39-48-31-30-46-21-8-12-26-54(46)62(48)58-28-14-13-27-56(58)59/h1-41H. The molecule has 63 heavy (non-hydrogen) atoms. The number of rotatable bonds is 7. The van der Waals surface area contributed by atoms with Crippen molar-refractivity contribution in [2.24, 2.45) is 0 Å². The maximum atomic E-state index is 2.47. The summed E-state index contributed by atoms with van der Waals surface area (Å²) in [6.07, 6.45) is 0. The molecule has 0 N–H and O–H groups in total. The molecular formula is C62H41N. The van der Waals surface area contributed by atoms with Gasteiger partial charge in [-0.05, 0) is 135 Å². The molecule has 12 rings (SSSR count). The van der Waals surface area contributed by atoms with Crippen LogP contribution in [0.3, 0.4) is 0 Å². The van der Waals surface area contributed by atoms with Crippen molar-refractivity contribution in [2.75, 3.05) is 4.90 Å². The quantitative estimate of drug-likeness (QED) is 0.145. The predicted molar refractivity (Wildman–Crippen MR) is 270 cm³/mol. The van der Waals surface area contributed by atoms with E-state index in [-0.39, 0.29) is 0 Å². The van der Waals surface area contributed by atoms with Crippen LogP contribution in [-0.4, -0.2) is 0 Å². The van der Waals surface area contributed by atoms with Crippen LogP contribution >= 0.6 is 0 Å². The van der Waals surface area contributed by atoms with Crippen LogP contribution in [0.5, 0.6) is 0 Å². The summed E-state index contributed by atoms with van der Waals surface area (Å²) in [5.74, 6) is 0. The summed E-state index contributed by atoms with van der Waals surface area (Å²) in [5.41, 5.74) is 12.9. The summed E-state index contributed by atoms with van der Waals surface area (Å²) in [6, 6.07) is 91.2. The van der Waals surface area contributed by atoms with Gasteiger partial charge in [-0.15, -0.1) is 0 Å². The molecule has 0 heterocycles. The van der Waals surface area contributed by atoms with Crippen LogP contribution in [-0.2, 0) is 0 Å². The van der Waals surface area contributed by atoms with Crippen LogP contribution < -0.4 is 4.90 Å². The summed E-state index contributed by atoms with van der Waals surface area (Å²) in [7, 11) is 0. The van der Waals surface area contributed by atoms with Gasteiger partial charge >= 0.3 is 0 Å². The fourth-order valence-electron chi connectivity index (χ4n) is 9.83. The smallest absolute Gasteiger partial charge is 0.0546 e. The number of anilines is 3. The first-order chi connectivity index (χ1) is 31.2. The molecule has 0 amide bonds. The molecular weight excluding hydrogens is 759 g/mol. The highest BCUT2D eigenvalue weighted by molar-refractivity contribution is 6.23. The molecule has 0 bridgehead atoms. The predicted octanol–water partition coefficient (Wildman–Crippen LogP) is 17.6. The van der Waals surface area contributed by atoms with Gasteiger partial charge in [0.25, 0.3) is 0 Å². The molecule has 0 aliphatic carbocycles. The van der Waals surface area contributed by atoms with Gasteiger partial charge in [0.1, 0.15) is 0 Å². The lowest BCUT2D eigenvalue weighted by Crippen LogP contribution is -2.11. The molecule has 0 fully saturated rings. The summed E-state index contributed by atoms with van der Waals surface area (Å²) < 4.78 is 0. The van der Waals surface area contributed by atoms with Crippen LogP contribution in [0.25, 0.3) is 98.4 Å². The van der Waals surface area contributed by atoms with Gasteiger partial charge in [-0.25, -0.2) is 0 Å². The Morgan fingerprint density at radius 2 is 0.778 bits per heavy atom. The Kier molecular flexibility index (Phi) is 8.90. The molecule has 12 aromatic rings. The number of fused-ring (bicyclic) bond motifs is 7. The zero-order valence-electron chi connectivity index (χ0n) is 34.6. The second-order valence-electron chi connectivity index (χ2n) is 16.4. The van der Waals surface area contributed by atoms with Gasteiger partial charge in [0.05, 0.1) is 5.69 Å². The van der Waals surface area contributed by atoms with Gasteiger partial charge < -0.3 is 4.90 Å². The van der Waals surface area contributed by atoms with Crippen molar-refractivity contribution in [3.8, 4) is 44.5 Å². The Hall–Kier alpha value is -8.26.